The fourth-order valence-corrected chi connectivity index (χ4v) is 1.59. The normalized spacial score (nSPS) is 9.95. The zero-order valence-electron chi connectivity index (χ0n) is 10.1. The summed E-state index contributed by atoms with van der Waals surface area (Å²) in [6.45, 7) is 3.94. The molecule has 2 aromatic rings. The lowest BCUT2D eigenvalue weighted by molar-refractivity contribution is 0.0957. The maximum atomic E-state index is 11.6. The zero-order valence-corrected chi connectivity index (χ0v) is 10.9. The molecule has 0 saturated heterocycles. The van der Waals surface area contributed by atoms with Gasteiger partial charge in [-0.3, -0.25) is 4.79 Å². The standard InChI is InChI=1S/C14H12ClN3O/c1-2-7-16-14(19)11-8-17-13(18-9-11)10-3-5-12(15)6-4-10/h2-6,8-9H,1,7H2,(H,16,19). The monoisotopic (exact) mass is 273 g/mol. The van der Waals surface area contributed by atoms with E-state index in [1.807, 2.05) is 12.1 Å². The van der Waals surface area contributed by atoms with Crippen molar-refractivity contribution in [2.24, 2.45) is 0 Å². The Balaban J connectivity index is 2.16. The summed E-state index contributed by atoms with van der Waals surface area (Å²) < 4.78 is 0. The Morgan fingerprint density at radius 2 is 1.89 bits per heavy atom. The number of rotatable bonds is 4. The molecular formula is C14H12ClN3O. The first kappa shape index (κ1) is 13.2. The van der Waals surface area contributed by atoms with Crippen LogP contribution in [0.3, 0.4) is 0 Å². The Bertz CT molecular complexity index is 579. The molecule has 0 bridgehead atoms. The molecule has 0 aliphatic heterocycles. The second kappa shape index (κ2) is 6.11. The highest BCUT2D eigenvalue weighted by Gasteiger charge is 2.06. The highest BCUT2D eigenvalue weighted by atomic mass is 35.5. The fraction of sp³-hybridized carbons (Fsp3) is 0.0714. The number of aromatic nitrogens is 2. The molecule has 0 aliphatic carbocycles. The first-order valence-electron chi connectivity index (χ1n) is 5.68. The van der Waals surface area contributed by atoms with Crippen molar-refractivity contribution in [3.63, 3.8) is 0 Å². The molecule has 96 valence electrons. The van der Waals surface area contributed by atoms with Gasteiger partial charge in [-0.2, -0.15) is 0 Å². The molecule has 0 atom stereocenters. The van der Waals surface area contributed by atoms with E-state index in [1.54, 1.807) is 18.2 Å². The number of benzene rings is 1. The van der Waals surface area contributed by atoms with Gasteiger partial charge in [0.05, 0.1) is 5.56 Å². The molecule has 0 aliphatic rings. The van der Waals surface area contributed by atoms with Gasteiger partial charge in [-0.1, -0.05) is 17.7 Å². The molecule has 2 rings (SSSR count). The lowest BCUT2D eigenvalue weighted by Crippen LogP contribution is -2.23. The minimum atomic E-state index is -0.220. The molecule has 1 amide bonds. The first-order valence-corrected chi connectivity index (χ1v) is 6.05. The van der Waals surface area contributed by atoms with Gasteiger partial charge in [0.1, 0.15) is 0 Å². The van der Waals surface area contributed by atoms with Gasteiger partial charge in [0.25, 0.3) is 5.91 Å². The van der Waals surface area contributed by atoms with Crippen LogP contribution in [0.15, 0.2) is 49.3 Å². The van der Waals surface area contributed by atoms with E-state index in [1.165, 1.54) is 12.4 Å². The van der Waals surface area contributed by atoms with Crippen molar-refractivity contribution >= 4 is 17.5 Å². The Kier molecular flexibility index (Phi) is 4.26. The summed E-state index contributed by atoms with van der Waals surface area (Å²) in [4.78, 5) is 20.0. The van der Waals surface area contributed by atoms with E-state index in [0.29, 0.717) is 23.0 Å². The first-order chi connectivity index (χ1) is 9.20. The van der Waals surface area contributed by atoms with Crippen molar-refractivity contribution in [1.29, 1.82) is 0 Å². The lowest BCUT2D eigenvalue weighted by Gasteiger charge is -2.03. The van der Waals surface area contributed by atoms with Gasteiger partial charge in [-0.25, -0.2) is 9.97 Å². The summed E-state index contributed by atoms with van der Waals surface area (Å²) in [5.41, 5.74) is 1.27. The van der Waals surface area contributed by atoms with Crippen molar-refractivity contribution in [1.82, 2.24) is 15.3 Å². The van der Waals surface area contributed by atoms with Crippen LogP contribution in [0.2, 0.25) is 5.02 Å². The molecule has 19 heavy (non-hydrogen) atoms. The second-order valence-electron chi connectivity index (χ2n) is 3.80. The van der Waals surface area contributed by atoms with E-state index >= 15 is 0 Å². The predicted molar refractivity (Wildman–Crippen MR) is 75.0 cm³/mol. The van der Waals surface area contributed by atoms with Crippen molar-refractivity contribution < 1.29 is 4.79 Å². The molecule has 0 spiro atoms. The number of carbonyl (C=O) groups is 1. The average molecular weight is 274 g/mol. The minimum absolute atomic E-state index is 0.220. The highest BCUT2D eigenvalue weighted by molar-refractivity contribution is 6.30. The number of nitrogens with zero attached hydrogens (tertiary/aromatic N) is 2. The lowest BCUT2D eigenvalue weighted by atomic mass is 10.2. The van der Waals surface area contributed by atoms with Gasteiger partial charge in [0, 0.05) is 29.5 Å². The van der Waals surface area contributed by atoms with Crippen LogP contribution in [-0.4, -0.2) is 22.4 Å². The summed E-state index contributed by atoms with van der Waals surface area (Å²) in [6, 6.07) is 7.19. The molecule has 0 fully saturated rings. The maximum absolute atomic E-state index is 11.6. The van der Waals surface area contributed by atoms with E-state index in [-0.39, 0.29) is 5.91 Å². The quantitative estimate of drug-likeness (QED) is 0.872. The Morgan fingerprint density at radius 3 is 2.47 bits per heavy atom. The van der Waals surface area contributed by atoms with Crippen LogP contribution in [0.4, 0.5) is 0 Å². The van der Waals surface area contributed by atoms with E-state index in [4.69, 9.17) is 11.6 Å². The molecule has 5 heteroatoms. The summed E-state index contributed by atoms with van der Waals surface area (Å²) >= 11 is 5.81. The molecule has 1 heterocycles. The number of hydrogen-bond donors (Lipinski definition) is 1. The molecule has 4 nitrogen and oxygen atoms in total. The van der Waals surface area contributed by atoms with Gasteiger partial charge in [0.2, 0.25) is 0 Å². The predicted octanol–water partition coefficient (Wildman–Crippen LogP) is 2.71. The van der Waals surface area contributed by atoms with E-state index in [9.17, 15) is 4.79 Å². The summed E-state index contributed by atoms with van der Waals surface area (Å²) in [7, 11) is 0. The summed E-state index contributed by atoms with van der Waals surface area (Å²) in [5.74, 6) is 0.333. The number of carbonyl (C=O) groups excluding carboxylic acids is 1. The summed E-state index contributed by atoms with van der Waals surface area (Å²) in [6.07, 6.45) is 4.60. The number of amides is 1. The maximum Gasteiger partial charge on any atom is 0.254 e. The number of halogens is 1. The smallest absolute Gasteiger partial charge is 0.254 e. The van der Waals surface area contributed by atoms with E-state index in [0.717, 1.165) is 5.56 Å². The van der Waals surface area contributed by atoms with Crippen molar-refractivity contribution in [3.8, 4) is 11.4 Å². The Labute approximate surface area is 116 Å². The molecule has 1 N–H and O–H groups in total. The molecule has 1 aromatic carbocycles. The van der Waals surface area contributed by atoms with E-state index < -0.39 is 0 Å². The van der Waals surface area contributed by atoms with Crippen LogP contribution < -0.4 is 5.32 Å². The fourth-order valence-electron chi connectivity index (χ4n) is 1.46. The van der Waals surface area contributed by atoms with Crippen molar-refractivity contribution in [3.05, 3.63) is 59.9 Å². The minimum Gasteiger partial charge on any atom is -0.348 e. The summed E-state index contributed by atoms with van der Waals surface area (Å²) in [5, 5.41) is 3.32. The van der Waals surface area contributed by atoms with E-state index in [2.05, 4.69) is 21.9 Å². The van der Waals surface area contributed by atoms with Crippen LogP contribution in [-0.2, 0) is 0 Å². The zero-order chi connectivity index (χ0) is 13.7. The third-order valence-corrected chi connectivity index (χ3v) is 2.68. The van der Waals surface area contributed by atoms with Gasteiger partial charge >= 0.3 is 0 Å². The molecular weight excluding hydrogens is 262 g/mol. The molecule has 1 aromatic heterocycles. The van der Waals surface area contributed by atoms with Crippen LogP contribution >= 0.6 is 11.6 Å². The Hall–Kier alpha value is -2.20. The number of nitrogens with one attached hydrogen (secondary N) is 1. The third-order valence-electron chi connectivity index (χ3n) is 2.42. The average Bonchev–Trinajstić information content (AvgIpc) is 2.46. The molecule has 0 saturated carbocycles. The molecule has 0 unspecified atom stereocenters. The van der Waals surface area contributed by atoms with Crippen LogP contribution in [0.5, 0.6) is 0 Å². The SMILES string of the molecule is C=CCNC(=O)c1cnc(-c2ccc(Cl)cc2)nc1. The van der Waals surface area contributed by atoms with Gasteiger partial charge in [-0.05, 0) is 24.3 Å². The second-order valence-corrected chi connectivity index (χ2v) is 4.24. The third kappa shape index (κ3) is 3.39. The largest absolute Gasteiger partial charge is 0.348 e. The van der Waals surface area contributed by atoms with Gasteiger partial charge in [0.15, 0.2) is 5.82 Å². The topological polar surface area (TPSA) is 54.9 Å². The van der Waals surface area contributed by atoms with Crippen molar-refractivity contribution in [2.75, 3.05) is 6.54 Å². The van der Waals surface area contributed by atoms with Gasteiger partial charge < -0.3 is 5.32 Å². The number of hydrogen-bond acceptors (Lipinski definition) is 3. The highest BCUT2D eigenvalue weighted by Crippen LogP contribution is 2.17. The van der Waals surface area contributed by atoms with Crippen LogP contribution in [0, 0.1) is 0 Å². The van der Waals surface area contributed by atoms with Crippen LogP contribution in [0.25, 0.3) is 11.4 Å². The molecule has 0 radical (unpaired) electrons. The van der Waals surface area contributed by atoms with Crippen molar-refractivity contribution in [2.45, 2.75) is 0 Å². The Morgan fingerprint density at radius 1 is 1.26 bits per heavy atom. The van der Waals surface area contributed by atoms with Gasteiger partial charge in [-0.15, -0.1) is 6.58 Å². The van der Waals surface area contributed by atoms with Crippen LogP contribution in [0.1, 0.15) is 10.4 Å².